The van der Waals surface area contributed by atoms with E-state index >= 15 is 0 Å². The maximum Gasteiger partial charge on any atom is 0.129 e. The Kier molecular flexibility index (Phi) is 3.29. The quantitative estimate of drug-likeness (QED) is 0.632. The molecule has 3 nitrogen and oxygen atoms in total. The molecule has 0 spiro atoms. The van der Waals surface area contributed by atoms with Crippen molar-refractivity contribution in [1.82, 2.24) is 0 Å². The van der Waals surface area contributed by atoms with E-state index in [1.54, 1.807) is 18.2 Å². The lowest BCUT2D eigenvalue weighted by Gasteiger charge is -2.08. The number of hydrazine groups is 1. The number of nitrogen functional groups attached to an aromatic ring is 1. The number of rotatable bonds is 3. The fourth-order valence-electron chi connectivity index (χ4n) is 1.30. The normalized spacial score (nSPS) is 9.88. The minimum atomic E-state index is 0.524. The maximum atomic E-state index is 5.97. The fourth-order valence-corrected chi connectivity index (χ4v) is 1.53. The lowest BCUT2D eigenvalue weighted by atomic mass is 10.3. The zero-order chi connectivity index (χ0) is 11.4. The van der Waals surface area contributed by atoms with E-state index in [1.165, 1.54) is 0 Å². The van der Waals surface area contributed by atoms with Gasteiger partial charge in [-0.2, -0.15) is 0 Å². The molecule has 4 heteroatoms. The standard InChI is InChI=1S/C12H11ClN2O/c13-11-8-10(6-7-12(11)15-14)16-9-4-2-1-3-5-9/h1-8,15H,14H2. The van der Waals surface area contributed by atoms with Crippen molar-refractivity contribution in [3.05, 3.63) is 53.6 Å². The van der Waals surface area contributed by atoms with Gasteiger partial charge in [0, 0.05) is 6.07 Å². The second kappa shape index (κ2) is 4.88. The van der Waals surface area contributed by atoms with Gasteiger partial charge < -0.3 is 10.2 Å². The lowest BCUT2D eigenvalue weighted by Crippen LogP contribution is -2.06. The molecule has 0 fully saturated rings. The first-order chi connectivity index (χ1) is 7.79. The average molecular weight is 235 g/mol. The number of anilines is 1. The number of benzene rings is 2. The molecule has 0 saturated carbocycles. The summed E-state index contributed by atoms with van der Waals surface area (Å²) < 4.78 is 5.61. The molecule has 2 aromatic rings. The largest absolute Gasteiger partial charge is 0.457 e. The van der Waals surface area contributed by atoms with Crippen molar-refractivity contribution in [3.8, 4) is 11.5 Å². The summed E-state index contributed by atoms with van der Waals surface area (Å²) in [6.45, 7) is 0. The summed E-state index contributed by atoms with van der Waals surface area (Å²) in [5.74, 6) is 6.72. The minimum Gasteiger partial charge on any atom is -0.457 e. The third-order valence-corrected chi connectivity index (χ3v) is 2.39. The van der Waals surface area contributed by atoms with Crippen LogP contribution in [0.1, 0.15) is 0 Å². The van der Waals surface area contributed by atoms with Crippen LogP contribution in [0, 0.1) is 0 Å². The second-order valence-corrected chi connectivity index (χ2v) is 3.61. The first kappa shape index (κ1) is 10.8. The molecule has 0 atom stereocenters. The monoisotopic (exact) mass is 234 g/mol. The predicted octanol–water partition coefficient (Wildman–Crippen LogP) is 3.42. The summed E-state index contributed by atoms with van der Waals surface area (Å²) in [5, 5.41) is 0.524. The first-order valence-corrected chi connectivity index (χ1v) is 5.16. The van der Waals surface area contributed by atoms with Crippen molar-refractivity contribution in [2.75, 3.05) is 5.43 Å². The van der Waals surface area contributed by atoms with E-state index in [4.69, 9.17) is 22.2 Å². The summed E-state index contributed by atoms with van der Waals surface area (Å²) >= 11 is 5.97. The SMILES string of the molecule is NNc1ccc(Oc2ccccc2)cc1Cl. The highest BCUT2D eigenvalue weighted by Gasteiger charge is 2.01. The number of hydrogen-bond acceptors (Lipinski definition) is 3. The molecule has 0 saturated heterocycles. The highest BCUT2D eigenvalue weighted by Crippen LogP contribution is 2.28. The van der Waals surface area contributed by atoms with Crippen LogP contribution in [0.3, 0.4) is 0 Å². The third-order valence-electron chi connectivity index (χ3n) is 2.07. The molecule has 0 unspecified atom stereocenters. The van der Waals surface area contributed by atoms with E-state index in [1.807, 2.05) is 30.3 Å². The Morgan fingerprint density at radius 2 is 1.75 bits per heavy atom. The number of nitrogens with one attached hydrogen (secondary N) is 1. The average Bonchev–Trinajstić information content (AvgIpc) is 2.31. The maximum absolute atomic E-state index is 5.97. The summed E-state index contributed by atoms with van der Waals surface area (Å²) in [5.41, 5.74) is 3.17. The first-order valence-electron chi connectivity index (χ1n) is 4.78. The van der Waals surface area contributed by atoms with Crippen LogP contribution in [0.2, 0.25) is 5.02 Å². The van der Waals surface area contributed by atoms with Crippen LogP contribution in [-0.4, -0.2) is 0 Å². The number of para-hydroxylation sites is 1. The van der Waals surface area contributed by atoms with Gasteiger partial charge in [0.05, 0.1) is 10.7 Å². The van der Waals surface area contributed by atoms with Gasteiger partial charge in [-0.3, -0.25) is 5.84 Å². The van der Waals surface area contributed by atoms with Crippen LogP contribution in [0.25, 0.3) is 0 Å². The van der Waals surface area contributed by atoms with Gasteiger partial charge in [-0.05, 0) is 24.3 Å². The summed E-state index contributed by atoms with van der Waals surface area (Å²) in [7, 11) is 0. The molecule has 0 aliphatic rings. The van der Waals surface area contributed by atoms with Crippen molar-refractivity contribution < 1.29 is 4.74 Å². The molecule has 0 radical (unpaired) electrons. The summed E-state index contributed by atoms with van der Waals surface area (Å²) in [6, 6.07) is 14.8. The smallest absolute Gasteiger partial charge is 0.129 e. The molecule has 0 bridgehead atoms. The summed E-state index contributed by atoms with van der Waals surface area (Å²) in [6.07, 6.45) is 0. The van der Waals surface area contributed by atoms with E-state index < -0.39 is 0 Å². The fraction of sp³-hybridized carbons (Fsp3) is 0. The lowest BCUT2D eigenvalue weighted by molar-refractivity contribution is 0.483. The Labute approximate surface area is 98.8 Å². The van der Waals surface area contributed by atoms with E-state index in [9.17, 15) is 0 Å². The molecule has 0 aliphatic heterocycles. The zero-order valence-electron chi connectivity index (χ0n) is 8.48. The van der Waals surface area contributed by atoms with Crippen molar-refractivity contribution in [2.45, 2.75) is 0 Å². The molecule has 0 heterocycles. The molecule has 16 heavy (non-hydrogen) atoms. The van der Waals surface area contributed by atoms with Crippen LogP contribution in [0.4, 0.5) is 5.69 Å². The van der Waals surface area contributed by atoms with Crippen LogP contribution in [0.15, 0.2) is 48.5 Å². The molecule has 2 aromatic carbocycles. The Morgan fingerprint density at radius 3 is 2.38 bits per heavy atom. The Hall–Kier alpha value is -1.71. The van der Waals surface area contributed by atoms with Crippen molar-refractivity contribution >= 4 is 17.3 Å². The molecular formula is C12H11ClN2O. The molecule has 82 valence electrons. The van der Waals surface area contributed by atoms with Crippen LogP contribution in [0.5, 0.6) is 11.5 Å². The number of nitrogens with two attached hydrogens (primary N) is 1. The zero-order valence-corrected chi connectivity index (χ0v) is 9.24. The number of ether oxygens (including phenoxy) is 1. The van der Waals surface area contributed by atoms with Gasteiger partial charge in [-0.1, -0.05) is 29.8 Å². The van der Waals surface area contributed by atoms with Gasteiger partial charge in [-0.25, -0.2) is 0 Å². The molecule has 3 N–H and O–H groups in total. The number of halogens is 1. The molecule has 0 aromatic heterocycles. The van der Waals surface area contributed by atoms with Crippen molar-refractivity contribution in [3.63, 3.8) is 0 Å². The van der Waals surface area contributed by atoms with Gasteiger partial charge in [0.1, 0.15) is 11.5 Å². The Morgan fingerprint density at radius 1 is 1.00 bits per heavy atom. The number of hydrogen-bond donors (Lipinski definition) is 2. The highest BCUT2D eigenvalue weighted by molar-refractivity contribution is 6.33. The van der Waals surface area contributed by atoms with Crippen LogP contribution >= 0.6 is 11.6 Å². The Balaban J connectivity index is 2.20. The van der Waals surface area contributed by atoms with Crippen molar-refractivity contribution in [1.29, 1.82) is 0 Å². The molecular weight excluding hydrogens is 224 g/mol. The van der Waals surface area contributed by atoms with Gasteiger partial charge in [0.15, 0.2) is 0 Å². The topological polar surface area (TPSA) is 47.3 Å². The van der Waals surface area contributed by atoms with Crippen LogP contribution in [-0.2, 0) is 0 Å². The van der Waals surface area contributed by atoms with Gasteiger partial charge >= 0.3 is 0 Å². The van der Waals surface area contributed by atoms with Gasteiger partial charge in [-0.15, -0.1) is 0 Å². The van der Waals surface area contributed by atoms with E-state index in [-0.39, 0.29) is 0 Å². The minimum absolute atomic E-state index is 0.524. The second-order valence-electron chi connectivity index (χ2n) is 3.20. The highest BCUT2D eigenvalue weighted by atomic mass is 35.5. The van der Waals surface area contributed by atoms with E-state index in [2.05, 4.69) is 5.43 Å². The predicted molar refractivity (Wildman–Crippen MR) is 65.8 cm³/mol. The summed E-state index contributed by atoms with van der Waals surface area (Å²) in [4.78, 5) is 0. The molecule has 0 aliphatic carbocycles. The van der Waals surface area contributed by atoms with E-state index in [0.717, 1.165) is 5.75 Å². The molecule has 0 amide bonds. The van der Waals surface area contributed by atoms with Crippen LogP contribution < -0.4 is 16.0 Å². The van der Waals surface area contributed by atoms with Gasteiger partial charge in [0.2, 0.25) is 0 Å². The third kappa shape index (κ3) is 2.45. The molecule has 2 rings (SSSR count). The van der Waals surface area contributed by atoms with Gasteiger partial charge in [0.25, 0.3) is 0 Å². The van der Waals surface area contributed by atoms with E-state index in [0.29, 0.717) is 16.5 Å². The Bertz CT molecular complexity index is 474. The van der Waals surface area contributed by atoms with Crippen molar-refractivity contribution in [2.24, 2.45) is 5.84 Å².